The quantitative estimate of drug-likeness (QED) is 0.799. The van der Waals surface area contributed by atoms with E-state index in [0.717, 1.165) is 11.1 Å². The number of nitrogens with two attached hydrogens (primary N) is 1. The first-order valence-electron chi connectivity index (χ1n) is 4.22. The first-order chi connectivity index (χ1) is 6.13. The Bertz CT molecular complexity index is 288. The Morgan fingerprint density at radius 1 is 1.54 bits per heavy atom. The number of benzene rings is 1. The van der Waals surface area contributed by atoms with Crippen molar-refractivity contribution in [2.75, 3.05) is 6.54 Å². The van der Waals surface area contributed by atoms with Gasteiger partial charge in [0, 0.05) is 18.0 Å². The summed E-state index contributed by atoms with van der Waals surface area (Å²) in [5, 5.41) is 0.715. The fourth-order valence-corrected chi connectivity index (χ4v) is 1.29. The van der Waals surface area contributed by atoms with E-state index in [4.69, 9.17) is 17.3 Å². The van der Waals surface area contributed by atoms with E-state index in [0.29, 0.717) is 11.4 Å². The van der Waals surface area contributed by atoms with Crippen molar-refractivity contribution in [3.63, 3.8) is 0 Å². The summed E-state index contributed by atoms with van der Waals surface area (Å²) in [7, 11) is 0. The van der Waals surface area contributed by atoms with Crippen LogP contribution in [-0.4, -0.2) is 12.7 Å². The van der Waals surface area contributed by atoms with Crippen molar-refractivity contribution >= 4 is 11.6 Å². The first-order valence-corrected chi connectivity index (χ1v) is 4.60. The second kappa shape index (κ2) is 4.58. The van der Waals surface area contributed by atoms with E-state index in [-0.39, 0.29) is 6.54 Å². The topological polar surface area (TPSA) is 26.0 Å². The number of hydrogen-bond acceptors (Lipinski definition) is 1. The molecule has 3 heteroatoms. The van der Waals surface area contributed by atoms with E-state index in [2.05, 4.69) is 0 Å². The summed E-state index contributed by atoms with van der Waals surface area (Å²) < 4.78 is 12.9. The van der Waals surface area contributed by atoms with Crippen LogP contribution in [0, 0.1) is 6.92 Å². The third-order valence-corrected chi connectivity index (χ3v) is 2.36. The van der Waals surface area contributed by atoms with Crippen molar-refractivity contribution in [2.24, 2.45) is 5.73 Å². The van der Waals surface area contributed by atoms with E-state index >= 15 is 0 Å². The van der Waals surface area contributed by atoms with Crippen LogP contribution in [0.4, 0.5) is 4.39 Å². The normalized spacial score (nSPS) is 12.9. The van der Waals surface area contributed by atoms with Crippen LogP contribution in [0.2, 0.25) is 5.02 Å². The lowest BCUT2D eigenvalue weighted by molar-refractivity contribution is 0.340. The van der Waals surface area contributed by atoms with Crippen molar-refractivity contribution in [3.05, 3.63) is 34.3 Å². The Morgan fingerprint density at radius 2 is 2.23 bits per heavy atom. The molecule has 13 heavy (non-hydrogen) atoms. The highest BCUT2D eigenvalue weighted by atomic mass is 35.5. The maximum Gasteiger partial charge on any atom is 0.116 e. The Hall–Kier alpha value is -0.600. The average Bonchev–Trinajstić information content (AvgIpc) is 2.11. The Morgan fingerprint density at radius 3 is 2.77 bits per heavy atom. The fraction of sp³-hybridized carbons (Fsp3) is 0.400. The minimum Gasteiger partial charge on any atom is -0.328 e. The molecule has 0 saturated carbocycles. The highest BCUT2D eigenvalue weighted by Crippen LogP contribution is 2.17. The van der Waals surface area contributed by atoms with Crippen LogP contribution in [0.5, 0.6) is 0 Å². The van der Waals surface area contributed by atoms with Crippen molar-refractivity contribution in [2.45, 2.75) is 19.5 Å². The fourth-order valence-electron chi connectivity index (χ4n) is 1.17. The molecular weight excluding hydrogens is 189 g/mol. The molecule has 0 saturated heterocycles. The van der Waals surface area contributed by atoms with Gasteiger partial charge in [0.2, 0.25) is 0 Å². The monoisotopic (exact) mass is 201 g/mol. The molecule has 1 aromatic rings. The summed E-state index contributed by atoms with van der Waals surface area (Å²) in [6.07, 6.45) is -0.588. The van der Waals surface area contributed by atoms with E-state index in [1.54, 1.807) is 6.07 Å². The molecule has 0 radical (unpaired) electrons. The second-order valence-corrected chi connectivity index (χ2v) is 3.53. The van der Waals surface area contributed by atoms with Gasteiger partial charge in [-0.3, -0.25) is 0 Å². The van der Waals surface area contributed by atoms with Gasteiger partial charge in [-0.1, -0.05) is 23.7 Å². The van der Waals surface area contributed by atoms with Crippen LogP contribution < -0.4 is 5.73 Å². The zero-order valence-corrected chi connectivity index (χ0v) is 8.31. The Kier molecular flexibility index (Phi) is 3.70. The molecule has 2 N–H and O–H groups in total. The van der Waals surface area contributed by atoms with Crippen molar-refractivity contribution in [3.8, 4) is 0 Å². The maximum atomic E-state index is 12.9. The van der Waals surface area contributed by atoms with Gasteiger partial charge in [-0.25, -0.2) is 4.39 Å². The van der Waals surface area contributed by atoms with Crippen LogP contribution in [0.15, 0.2) is 18.2 Å². The van der Waals surface area contributed by atoms with Gasteiger partial charge in [-0.05, 0) is 24.1 Å². The smallest absolute Gasteiger partial charge is 0.116 e. The molecule has 1 aromatic carbocycles. The summed E-state index contributed by atoms with van der Waals surface area (Å²) in [4.78, 5) is 0. The minimum absolute atomic E-state index is 0.0711. The first kappa shape index (κ1) is 10.5. The second-order valence-electron chi connectivity index (χ2n) is 3.12. The molecule has 1 unspecified atom stereocenters. The molecule has 0 spiro atoms. The lowest BCUT2D eigenvalue weighted by atomic mass is 10.1. The highest BCUT2D eigenvalue weighted by molar-refractivity contribution is 6.31. The zero-order valence-electron chi connectivity index (χ0n) is 7.56. The summed E-state index contributed by atoms with van der Waals surface area (Å²) in [6, 6.07) is 5.51. The summed E-state index contributed by atoms with van der Waals surface area (Å²) in [5.41, 5.74) is 7.11. The van der Waals surface area contributed by atoms with Crippen molar-refractivity contribution < 1.29 is 4.39 Å². The predicted octanol–water partition coefficient (Wildman–Crippen LogP) is 2.49. The van der Waals surface area contributed by atoms with Crippen LogP contribution in [0.1, 0.15) is 11.1 Å². The van der Waals surface area contributed by atoms with Gasteiger partial charge >= 0.3 is 0 Å². The molecule has 0 aliphatic rings. The number of halogens is 2. The van der Waals surface area contributed by atoms with Gasteiger partial charge in [0.05, 0.1) is 0 Å². The van der Waals surface area contributed by atoms with Crippen molar-refractivity contribution in [1.82, 2.24) is 0 Å². The van der Waals surface area contributed by atoms with Gasteiger partial charge in [-0.15, -0.1) is 0 Å². The minimum atomic E-state index is -0.958. The van der Waals surface area contributed by atoms with Gasteiger partial charge in [-0.2, -0.15) is 0 Å². The standard InChI is InChI=1S/C10H13ClFN/c1-7-4-8(2-3-10(7)11)5-9(12)6-13/h2-4,9H,5-6,13H2,1H3. The van der Waals surface area contributed by atoms with Gasteiger partial charge in [0.1, 0.15) is 6.17 Å². The number of hydrogen-bond donors (Lipinski definition) is 1. The highest BCUT2D eigenvalue weighted by Gasteiger charge is 2.05. The summed E-state index contributed by atoms with van der Waals surface area (Å²) >= 11 is 5.83. The molecule has 0 bridgehead atoms. The van der Waals surface area contributed by atoms with E-state index in [1.807, 2.05) is 19.1 Å². The van der Waals surface area contributed by atoms with E-state index < -0.39 is 6.17 Å². The summed E-state index contributed by atoms with van der Waals surface area (Å²) in [6.45, 7) is 1.98. The number of alkyl halides is 1. The third kappa shape index (κ3) is 2.98. The molecule has 1 atom stereocenters. The van der Waals surface area contributed by atoms with Crippen LogP contribution in [0.25, 0.3) is 0 Å². The predicted molar refractivity (Wildman–Crippen MR) is 53.8 cm³/mol. The Labute approximate surface area is 82.7 Å². The molecule has 0 aromatic heterocycles. The lowest BCUT2D eigenvalue weighted by Gasteiger charge is -2.06. The molecule has 0 heterocycles. The van der Waals surface area contributed by atoms with Gasteiger partial charge in [0.25, 0.3) is 0 Å². The van der Waals surface area contributed by atoms with Gasteiger partial charge in [0.15, 0.2) is 0 Å². The number of rotatable bonds is 3. The van der Waals surface area contributed by atoms with Crippen molar-refractivity contribution in [1.29, 1.82) is 0 Å². The maximum absolute atomic E-state index is 12.9. The molecule has 0 amide bonds. The lowest BCUT2D eigenvalue weighted by Crippen LogP contribution is -2.17. The SMILES string of the molecule is Cc1cc(CC(F)CN)ccc1Cl. The zero-order chi connectivity index (χ0) is 9.84. The Balaban J connectivity index is 2.73. The molecular formula is C10H13ClFN. The third-order valence-electron chi connectivity index (χ3n) is 1.94. The molecule has 1 rings (SSSR count). The van der Waals surface area contributed by atoms with E-state index in [1.165, 1.54) is 0 Å². The van der Waals surface area contributed by atoms with Crippen LogP contribution in [0.3, 0.4) is 0 Å². The molecule has 0 aliphatic heterocycles. The number of aryl methyl sites for hydroxylation is 1. The molecule has 0 aliphatic carbocycles. The van der Waals surface area contributed by atoms with Gasteiger partial charge < -0.3 is 5.73 Å². The molecule has 72 valence electrons. The van der Waals surface area contributed by atoms with E-state index in [9.17, 15) is 4.39 Å². The van der Waals surface area contributed by atoms with Crippen LogP contribution >= 0.6 is 11.6 Å². The summed E-state index contributed by atoms with van der Waals surface area (Å²) in [5.74, 6) is 0. The molecule has 0 fully saturated rings. The molecule has 1 nitrogen and oxygen atoms in total. The largest absolute Gasteiger partial charge is 0.328 e. The van der Waals surface area contributed by atoms with Crippen LogP contribution in [-0.2, 0) is 6.42 Å². The average molecular weight is 202 g/mol.